The Morgan fingerprint density at radius 2 is 1.85 bits per heavy atom. The normalized spacial score (nSPS) is 14.2. The number of fused-ring (bicyclic) bond motifs is 1. The predicted octanol–water partition coefficient (Wildman–Crippen LogP) is 4.66. The van der Waals surface area contributed by atoms with Gasteiger partial charge in [-0.1, -0.05) is 30.3 Å². The number of anilines is 2. The highest BCUT2D eigenvalue weighted by Crippen LogP contribution is 2.37. The molecule has 9 nitrogen and oxygen atoms in total. The standard InChI is InChI=1S/C30H26F2N6O3/c1-40-26-13-17(11-19-15-35-30(34)37-29(19)33)12-23(28(26)41-2)25(39)9-10-38-27(22-8-7-20(31)14-24(22)32)21-6-4-3-5-18(21)16-36-38/h3-10,12-16,27H,11H2,1-2H3,(H4,33,34,35,37). The quantitative estimate of drug-likeness (QED) is 0.237. The largest absolute Gasteiger partial charge is 0.493 e. The highest BCUT2D eigenvalue weighted by Gasteiger charge is 2.28. The first-order valence-corrected chi connectivity index (χ1v) is 12.5. The predicted molar refractivity (Wildman–Crippen MR) is 151 cm³/mol. The number of benzene rings is 3. The number of allylic oxidation sites excluding steroid dienone is 1. The Morgan fingerprint density at radius 1 is 1.05 bits per heavy atom. The van der Waals surface area contributed by atoms with E-state index in [4.69, 9.17) is 20.9 Å². The summed E-state index contributed by atoms with van der Waals surface area (Å²) in [4.78, 5) is 21.5. The lowest BCUT2D eigenvalue weighted by atomic mass is 9.93. The number of nitrogens with zero attached hydrogens (tertiary/aromatic N) is 4. The van der Waals surface area contributed by atoms with Crippen LogP contribution in [0.15, 0.2) is 78.2 Å². The van der Waals surface area contributed by atoms with Crippen molar-refractivity contribution in [1.82, 2.24) is 15.0 Å². The fraction of sp³-hybridized carbons (Fsp3) is 0.133. The van der Waals surface area contributed by atoms with E-state index in [0.29, 0.717) is 23.3 Å². The van der Waals surface area contributed by atoms with Crippen LogP contribution in [-0.2, 0) is 6.42 Å². The zero-order chi connectivity index (χ0) is 29.1. The number of nitrogen functional groups attached to an aromatic ring is 2. The maximum absolute atomic E-state index is 15.0. The van der Waals surface area contributed by atoms with Gasteiger partial charge in [0.2, 0.25) is 5.95 Å². The Hall–Kier alpha value is -5.32. The van der Waals surface area contributed by atoms with Gasteiger partial charge < -0.3 is 20.9 Å². The maximum atomic E-state index is 15.0. The van der Waals surface area contributed by atoms with Crippen LogP contribution in [0.5, 0.6) is 11.5 Å². The smallest absolute Gasteiger partial charge is 0.221 e. The van der Waals surface area contributed by atoms with Gasteiger partial charge in [-0.2, -0.15) is 10.1 Å². The summed E-state index contributed by atoms with van der Waals surface area (Å²) in [6.45, 7) is 0. The van der Waals surface area contributed by atoms with Crippen LogP contribution in [0.4, 0.5) is 20.5 Å². The second-order valence-electron chi connectivity index (χ2n) is 9.20. The van der Waals surface area contributed by atoms with Gasteiger partial charge in [-0.3, -0.25) is 9.80 Å². The van der Waals surface area contributed by atoms with E-state index in [1.54, 1.807) is 18.3 Å². The molecule has 2 heterocycles. The van der Waals surface area contributed by atoms with Gasteiger partial charge in [-0.25, -0.2) is 13.8 Å². The number of hydrogen-bond acceptors (Lipinski definition) is 9. The van der Waals surface area contributed by atoms with Crippen molar-refractivity contribution >= 4 is 23.8 Å². The van der Waals surface area contributed by atoms with E-state index in [-0.39, 0.29) is 28.6 Å². The third-order valence-electron chi connectivity index (χ3n) is 6.64. The molecule has 0 radical (unpaired) electrons. The summed E-state index contributed by atoms with van der Waals surface area (Å²) in [5.41, 5.74) is 14.9. The Bertz CT molecular complexity index is 1690. The summed E-state index contributed by atoms with van der Waals surface area (Å²) in [6, 6.07) is 13.4. The number of halogens is 2. The van der Waals surface area contributed by atoms with Crippen LogP contribution in [-0.4, -0.2) is 41.2 Å². The zero-order valence-corrected chi connectivity index (χ0v) is 22.2. The lowest BCUT2D eigenvalue weighted by Gasteiger charge is -2.31. The van der Waals surface area contributed by atoms with Gasteiger partial charge in [0.15, 0.2) is 17.3 Å². The van der Waals surface area contributed by atoms with Gasteiger partial charge in [0, 0.05) is 47.7 Å². The van der Waals surface area contributed by atoms with Gasteiger partial charge >= 0.3 is 0 Å². The van der Waals surface area contributed by atoms with E-state index in [2.05, 4.69) is 15.1 Å². The fourth-order valence-electron chi connectivity index (χ4n) is 4.70. The van der Waals surface area contributed by atoms with Gasteiger partial charge in [0.05, 0.1) is 26.0 Å². The van der Waals surface area contributed by atoms with E-state index in [0.717, 1.165) is 17.2 Å². The van der Waals surface area contributed by atoms with Crippen molar-refractivity contribution in [3.63, 3.8) is 0 Å². The monoisotopic (exact) mass is 556 g/mol. The minimum Gasteiger partial charge on any atom is -0.493 e. The van der Waals surface area contributed by atoms with Gasteiger partial charge in [-0.05, 0) is 29.3 Å². The molecular formula is C30H26F2N6O3. The topological polar surface area (TPSA) is 129 Å². The molecule has 5 rings (SSSR count). The third-order valence-corrected chi connectivity index (χ3v) is 6.64. The van der Waals surface area contributed by atoms with Crippen molar-refractivity contribution in [3.8, 4) is 11.5 Å². The number of ketones is 1. The summed E-state index contributed by atoms with van der Waals surface area (Å²) in [5, 5.41) is 5.89. The molecule has 0 fully saturated rings. The molecule has 0 aliphatic carbocycles. The number of hydrazone groups is 1. The number of ether oxygens (including phenoxy) is 2. The van der Waals surface area contributed by atoms with Crippen molar-refractivity contribution in [3.05, 3.63) is 118 Å². The van der Waals surface area contributed by atoms with E-state index in [9.17, 15) is 13.6 Å². The highest BCUT2D eigenvalue weighted by molar-refractivity contribution is 6.07. The van der Waals surface area contributed by atoms with Crippen LogP contribution in [0.3, 0.4) is 0 Å². The second kappa shape index (κ2) is 11.4. The van der Waals surface area contributed by atoms with Crippen LogP contribution in [0.2, 0.25) is 0 Å². The van der Waals surface area contributed by atoms with Crippen molar-refractivity contribution in [1.29, 1.82) is 0 Å². The van der Waals surface area contributed by atoms with Crippen LogP contribution >= 0.6 is 0 Å². The summed E-state index contributed by atoms with van der Waals surface area (Å²) in [5.74, 6) is -0.977. The summed E-state index contributed by atoms with van der Waals surface area (Å²) in [6.07, 6.45) is 6.20. The summed E-state index contributed by atoms with van der Waals surface area (Å²) < 4.78 is 39.7. The molecule has 41 heavy (non-hydrogen) atoms. The van der Waals surface area contributed by atoms with Crippen molar-refractivity contribution in [2.24, 2.45) is 5.10 Å². The van der Waals surface area contributed by atoms with Gasteiger partial charge in [0.1, 0.15) is 23.5 Å². The first kappa shape index (κ1) is 27.3. The minimum atomic E-state index is -0.739. The molecule has 0 saturated carbocycles. The third kappa shape index (κ3) is 5.55. The number of aromatic nitrogens is 2. The Morgan fingerprint density at radius 3 is 2.59 bits per heavy atom. The van der Waals surface area contributed by atoms with Crippen molar-refractivity contribution in [2.45, 2.75) is 12.5 Å². The first-order valence-electron chi connectivity index (χ1n) is 12.5. The average Bonchev–Trinajstić information content (AvgIpc) is 2.96. The van der Waals surface area contributed by atoms with Gasteiger partial charge in [0.25, 0.3) is 0 Å². The molecule has 0 spiro atoms. The Balaban J connectivity index is 1.51. The highest BCUT2D eigenvalue weighted by atomic mass is 19.1. The van der Waals surface area contributed by atoms with Gasteiger partial charge in [-0.15, -0.1) is 0 Å². The van der Waals surface area contributed by atoms with Crippen LogP contribution in [0.25, 0.3) is 0 Å². The second-order valence-corrected chi connectivity index (χ2v) is 9.20. The maximum Gasteiger partial charge on any atom is 0.221 e. The minimum absolute atomic E-state index is 0.0568. The van der Waals surface area contributed by atoms with E-state index in [1.807, 2.05) is 24.3 Å². The molecule has 3 aromatic carbocycles. The Labute approximate surface area is 234 Å². The van der Waals surface area contributed by atoms with Crippen LogP contribution in [0.1, 0.15) is 44.2 Å². The molecule has 0 saturated heterocycles. The molecule has 1 aliphatic heterocycles. The summed E-state index contributed by atoms with van der Waals surface area (Å²) >= 11 is 0. The van der Waals surface area contributed by atoms with Crippen molar-refractivity contribution in [2.75, 3.05) is 25.7 Å². The van der Waals surface area contributed by atoms with Crippen LogP contribution in [0, 0.1) is 11.6 Å². The number of carbonyl (C=O) groups excluding carboxylic acids is 1. The van der Waals surface area contributed by atoms with E-state index < -0.39 is 23.5 Å². The SMILES string of the molecule is COc1cc(Cc2cnc(N)nc2N)cc(C(=O)C=CN2N=Cc3ccccc3C2c2ccc(F)cc2F)c1OC. The number of rotatable bonds is 8. The van der Waals surface area contributed by atoms with Crippen molar-refractivity contribution < 1.29 is 23.0 Å². The number of nitrogens with two attached hydrogens (primary N) is 2. The first-order chi connectivity index (χ1) is 19.8. The molecular weight excluding hydrogens is 530 g/mol. The number of carbonyl (C=O) groups is 1. The lowest BCUT2D eigenvalue weighted by Crippen LogP contribution is -2.26. The number of hydrogen-bond donors (Lipinski definition) is 2. The van der Waals surface area contributed by atoms with Crippen LogP contribution < -0.4 is 20.9 Å². The zero-order valence-electron chi connectivity index (χ0n) is 22.2. The average molecular weight is 557 g/mol. The fourth-order valence-corrected chi connectivity index (χ4v) is 4.70. The molecule has 4 N–H and O–H groups in total. The molecule has 1 aromatic heterocycles. The molecule has 4 aromatic rings. The lowest BCUT2D eigenvalue weighted by molar-refractivity contribution is 0.104. The molecule has 0 bridgehead atoms. The molecule has 0 amide bonds. The van der Waals surface area contributed by atoms with E-state index in [1.165, 1.54) is 49.8 Å². The molecule has 208 valence electrons. The Kier molecular flexibility index (Phi) is 7.59. The number of methoxy groups -OCH3 is 2. The van der Waals surface area contributed by atoms with E-state index >= 15 is 0 Å². The molecule has 1 unspecified atom stereocenters. The molecule has 11 heteroatoms. The molecule has 1 atom stereocenters. The molecule has 1 aliphatic rings. The summed E-state index contributed by atoms with van der Waals surface area (Å²) in [7, 11) is 2.90.